The van der Waals surface area contributed by atoms with Crippen molar-refractivity contribution in [1.82, 2.24) is 0 Å². The first kappa shape index (κ1) is 21.3. The van der Waals surface area contributed by atoms with Crippen molar-refractivity contribution in [2.45, 2.75) is 51.6 Å². The average molecular weight is 391 g/mol. The lowest BCUT2D eigenvalue weighted by Crippen LogP contribution is -2.63. The number of aliphatic hydroxyl groups excluding tert-OH is 1. The van der Waals surface area contributed by atoms with Crippen LogP contribution in [0.25, 0.3) is 0 Å². The molecule has 0 fully saturated rings. The third kappa shape index (κ3) is 5.24. The van der Waals surface area contributed by atoms with E-state index in [0.29, 0.717) is 0 Å². The van der Waals surface area contributed by atoms with Gasteiger partial charge in [-0.1, -0.05) is 113 Å². The third-order valence-corrected chi connectivity index (χ3v) is 10.6. The molecule has 0 amide bonds. The van der Waals surface area contributed by atoms with E-state index < -0.39 is 22.3 Å². The lowest BCUT2D eigenvalue weighted by Gasteiger charge is -2.39. The van der Waals surface area contributed by atoms with Gasteiger partial charge in [-0.15, -0.1) is 11.1 Å². The third-order valence-electron chi connectivity index (χ3n) is 4.52. The Hall–Kier alpha value is -2.05. The van der Waals surface area contributed by atoms with E-state index in [1.165, 1.54) is 10.4 Å². The largest absolute Gasteiger partial charge is 0.369 e. The summed E-state index contributed by atoms with van der Waals surface area (Å²) in [6.45, 7) is 13.3. The molecule has 0 aliphatic rings. The zero-order chi connectivity index (χ0) is 20.1. The van der Waals surface area contributed by atoms with E-state index in [-0.39, 0.29) is 5.04 Å². The molecule has 0 bridgehead atoms. The number of benzene rings is 2. The molecule has 0 aliphatic carbocycles. The van der Waals surface area contributed by atoms with E-state index in [9.17, 15) is 5.11 Å². The maximum atomic E-state index is 10.4. The summed E-state index contributed by atoms with van der Waals surface area (Å²) in [5.74, 6) is 6.08. The summed E-state index contributed by atoms with van der Waals surface area (Å²) in [7, 11) is -4.00. The molecule has 0 spiro atoms. The van der Waals surface area contributed by atoms with Crippen molar-refractivity contribution < 1.29 is 5.11 Å². The van der Waals surface area contributed by atoms with Crippen molar-refractivity contribution in [2.75, 3.05) is 0 Å². The van der Waals surface area contributed by atoms with Gasteiger partial charge in [-0.25, -0.2) is 0 Å². The van der Waals surface area contributed by atoms with Gasteiger partial charge in [0.05, 0.1) is 0 Å². The minimum Gasteiger partial charge on any atom is -0.369 e. The monoisotopic (exact) mass is 390 g/mol. The van der Waals surface area contributed by atoms with E-state index in [2.05, 4.69) is 112 Å². The van der Waals surface area contributed by atoms with Crippen LogP contribution in [0.3, 0.4) is 0 Å². The van der Waals surface area contributed by atoms with E-state index in [1.807, 2.05) is 12.1 Å². The molecule has 2 rings (SSSR count). The van der Waals surface area contributed by atoms with Crippen LogP contribution in [0.5, 0.6) is 0 Å². The van der Waals surface area contributed by atoms with Gasteiger partial charge >= 0.3 is 0 Å². The second kappa shape index (κ2) is 8.32. The standard InChI is InChI=1S/C24H30OSi2/c1-24(2,3)27(22-13-9-7-10-14-22,23-15-11-8-12-16-23)20-18-21(25)17-19-26(4,5)6/h7-16,21,25H,1-6H3. The Labute approximate surface area is 166 Å². The summed E-state index contributed by atoms with van der Waals surface area (Å²) in [5, 5.41) is 12.9. The predicted molar refractivity (Wildman–Crippen MR) is 123 cm³/mol. The maximum absolute atomic E-state index is 10.4. The van der Waals surface area contributed by atoms with Crippen molar-refractivity contribution in [2.24, 2.45) is 0 Å². The van der Waals surface area contributed by atoms with Crippen molar-refractivity contribution in [3.8, 4) is 22.9 Å². The highest BCUT2D eigenvalue weighted by atomic mass is 28.3. The SMILES string of the molecule is CC(C)(C)[Si](C#CC(O)C#C[Si](C)(C)C)(c1ccccc1)c1ccccc1. The second-order valence-corrected chi connectivity index (χ2v) is 18.1. The van der Waals surface area contributed by atoms with Crippen LogP contribution in [0.15, 0.2) is 60.7 Å². The molecular formula is C24H30OSi2. The molecular weight excluding hydrogens is 360 g/mol. The van der Waals surface area contributed by atoms with Gasteiger partial charge in [-0.2, -0.15) is 0 Å². The number of hydrogen-bond donors (Lipinski definition) is 1. The molecule has 0 saturated heterocycles. The summed E-state index contributed by atoms with van der Waals surface area (Å²) in [6.07, 6.45) is -0.904. The van der Waals surface area contributed by atoms with Crippen LogP contribution in [0.4, 0.5) is 0 Å². The lowest BCUT2D eigenvalue weighted by atomic mass is 10.2. The summed E-state index contributed by atoms with van der Waals surface area (Å²) in [4.78, 5) is 0. The van der Waals surface area contributed by atoms with Gasteiger partial charge in [-0.05, 0) is 15.4 Å². The average Bonchev–Trinajstić information content (AvgIpc) is 2.60. The molecule has 0 radical (unpaired) electrons. The molecule has 0 aromatic heterocycles. The molecule has 27 heavy (non-hydrogen) atoms. The molecule has 0 heterocycles. The number of hydrogen-bond acceptors (Lipinski definition) is 1. The molecule has 1 N–H and O–H groups in total. The van der Waals surface area contributed by atoms with E-state index >= 15 is 0 Å². The van der Waals surface area contributed by atoms with E-state index in [0.717, 1.165) is 0 Å². The summed E-state index contributed by atoms with van der Waals surface area (Å²) < 4.78 is 0. The van der Waals surface area contributed by atoms with Gasteiger partial charge in [-0.3, -0.25) is 0 Å². The molecule has 1 atom stereocenters. The zero-order valence-corrected chi connectivity index (χ0v) is 19.3. The first-order chi connectivity index (χ1) is 12.6. The summed E-state index contributed by atoms with van der Waals surface area (Å²) >= 11 is 0. The summed E-state index contributed by atoms with van der Waals surface area (Å²) in [6, 6.07) is 21.1. The highest BCUT2D eigenvalue weighted by Gasteiger charge is 2.47. The topological polar surface area (TPSA) is 20.2 Å². The fourth-order valence-electron chi connectivity index (χ4n) is 3.24. The van der Waals surface area contributed by atoms with Crippen LogP contribution in [0, 0.1) is 22.9 Å². The first-order valence-corrected chi connectivity index (χ1v) is 14.9. The molecule has 0 aliphatic heterocycles. The minimum absolute atomic E-state index is 0.0470. The quantitative estimate of drug-likeness (QED) is 0.610. The predicted octanol–water partition coefficient (Wildman–Crippen LogP) is 3.83. The van der Waals surface area contributed by atoms with Crippen LogP contribution in [-0.2, 0) is 0 Å². The highest BCUT2D eigenvalue weighted by Crippen LogP contribution is 2.35. The molecule has 0 saturated carbocycles. The van der Waals surface area contributed by atoms with Gasteiger partial charge in [0.15, 0.2) is 6.10 Å². The Bertz CT molecular complexity index is 827. The molecule has 140 valence electrons. The molecule has 2 aromatic carbocycles. The summed E-state index contributed by atoms with van der Waals surface area (Å²) in [5.41, 5.74) is 6.82. The first-order valence-electron chi connectivity index (χ1n) is 9.41. The fraction of sp³-hybridized carbons (Fsp3) is 0.333. The van der Waals surface area contributed by atoms with Crippen LogP contribution < -0.4 is 10.4 Å². The normalized spacial score (nSPS) is 13.0. The minimum atomic E-state index is -2.46. The number of rotatable bonds is 2. The molecule has 1 unspecified atom stereocenters. The Kier molecular flexibility index (Phi) is 6.55. The van der Waals surface area contributed by atoms with Gasteiger partial charge in [0.1, 0.15) is 8.07 Å². The molecule has 1 nitrogen and oxygen atoms in total. The highest BCUT2D eigenvalue weighted by molar-refractivity contribution is 7.10. The Morgan fingerprint density at radius 3 is 1.52 bits per heavy atom. The van der Waals surface area contributed by atoms with Crippen molar-refractivity contribution in [3.05, 3.63) is 60.7 Å². The van der Waals surface area contributed by atoms with Gasteiger partial charge in [0, 0.05) is 0 Å². The van der Waals surface area contributed by atoms with Gasteiger partial charge in [0.2, 0.25) is 8.07 Å². The van der Waals surface area contributed by atoms with Crippen LogP contribution in [0.1, 0.15) is 20.8 Å². The second-order valence-electron chi connectivity index (χ2n) is 8.92. The maximum Gasteiger partial charge on any atom is 0.204 e. The van der Waals surface area contributed by atoms with E-state index in [4.69, 9.17) is 0 Å². The molecule has 2 aromatic rings. The van der Waals surface area contributed by atoms with Crippen molar-refractivity contribution in [1.29, 1.82) is 0 Å². The Morgan fingerprint density at radius 2 is 1.15 bits per heavy atom. The van der Waals surface area contributed by atoms with E-state index in [1.54, 1.807) is 0 Å². The Morgan fingerprint density at radius 1 is 0.741 bits per heavy atom. The van der Waals surface area contributed by atoms with Crippen LogP contribution in [-0.4, -0.2) is 27.4 Å². The van der Waals surface area contributed by atoms with Crippen molar-refractivity contribution >= 4 is 26.5 Å². The smallest absolute Gasteiger partial charge is 0.204 e. The van der Waals surface area contributed by atoms with Gasteiger partial charge in [0.25, 0.3) is 0 Å². The Balaban J connectivity index is 2.68. The van der Waals surface area contributed by atoms with Crippen LogP contribution in [0.2, 0.25) is 24.7 Å². The lowest BCUT2D eigenvalue weighted by molar-refractivity contribution is 0.290. The zero-order valence-electron chi connectivity index (χ0n) is 17.3. The fourth-order valence-corrected chi connectivity index (χ4v) is 8.28. The van der Waals surface area contributed by atoms with Crippen molar-refractivity contribution in [3.63, 3.8) is 0 Å². The molecule has 3 heteroatoms. The van der Waals surface area contributed by atoms with Gasteiger partial charge < -0.3 is 5.11 Å². The number of aliphatic hydroxyl groups is 1. The van der Waals surface area contributed by atoms with Crippen LogP contribution >= 0.6 is 0 Å².